The minimum atomic E-state index is -0.131. The van der Waals surface area contributed by atoms with Gasteiger partial charge in [0.2, 0.25) is 0 Å². The molecule has 0 saturated heterocycles. The monoisotopic (exact) mass is 265 g/mol. The largest absolute Gasteiger partial charge is 0.483 e. The van der Waals surface area contributed by atoms with Gasteiger partial charge in [0.1, 0.15) is 5.75 Å². The summed E-state index contributed by atoms with van der Waals surface area (Å²) in [6, 6.07) is 7.81. The number of nitrogens with zero attached hydrogens (tertiary/aromatic N) is 1. The number of likely N-dealkylation sites (N-methyl/N-ethyl adjacent to an activating group) is 1. The molecule has 4 heteroatoms. The van der Waals surface area contributed by atoms with Gasteiger partial charge in [-0.25, -0.2) is 0 Å². The molecule has 1 aromatic carbocycles. The zero-order chi connectivity index (χ0) is 14.3. The van der Waals surface area contributed by atoms with E-state index in [1.165, 1.54) is 4.90 Å². The Hall–Kier alpha value is -1.55. The first-order valence-corrected chi connectivity index (χ1v) is 6.66. The molecule has 106 valence electrons. The summed E-state index contributed by atoms with van der Waals surface area (Å²) in [6.07, 6.45) is 1.03. The van der Waals surface area contributed by atoms with E-state index in [4.69, 9.17) is 9.84 Å². The van der Waals surface area contributed by atoms with Crippen molar-refractivity contribution in [2.24, 2.45) is 0 Å². The molecule has 0 fully saturated rings. The fourth-order valence-electron chi connectivity index (χ4n) is 1.76. The van der Waals surface area contributed by atoms with Crippen molar-refractivity contribution in [2.75, 3.05) is 26.8 Å². The highest BCUT2D eigenvalue weighted by molar-refractivity contribution is 5.77. The first kappa shape index (κ1) is 15.5. The predicted molar refractivity (Wildman–Crippen MR) is 75.4 cm³/mol. The highest BCUT2D eigenvalue weighted by Gasteiger charge is 2.13. The Morgan fingerprint density at radius 1 is 1.42 bits per heavy atom. The van der Waals surface area contributed by atoms with E-state index in [1.54, 1.807) is 7.05 Å². The van der Waals surface area contributed by atoms with Crippen molar-refractivity contribution in [1.29, 1.82) is 0 Å². The van der Waals surface area contributed by atoms with Gasteiger partial charge in [-0.1, -0.05) is 32.0 Å². The highest BCUT2D eigenvalue weighted by Crippen LogP contribution is 2.28. The molecule has 1 unspecified atom stereocenters. The van der Waals surface area contributed by atoms with Crippen LogP contribution in [0.2, 0.25) is 0 Å². The summed E-state index contributed by atoms with van der Waals surface area (Å²) in [4.78, 5) is 13.2. The third kappa shape index (κ3) is 4.56. The summed E-state index contributed by atoms with van der Waals surface area (Å²) in [7, 11) is 1.66. The van der Waals surface area contributed by atoms with E-state index in [1.807, 2.05) is 24.3 Å². The second-order valence-corrected chi connectivity index (χ2v) is 4.67. The van der Waals surface area contributed by atoms with Gasteiger partial charge >= 0.3 is 0 Å². The average Bonchev–Trinajstić information content (AvgIpc) is 2.44. The Kier molecular flexibility index (Phi) is 6.36. The van der Waals surface area contributed by atoms with Gasteiger partial charge in [0, 0.05) is 13.6 Å². The Labute approximate surface area is 115 Å². The predicted octanol–water partition coefficient (Wildman–Crippen LogP) is 2.03. The van der Waals surface area contributed by atoms with Gasteiger partial charge in [0.15, 0.2) is 6.61 Å². The summed E-state index contributed by atoms with van der Waals surface area (Å²) in [6.45, 7) is 4.56. The fraction of sp³-hybridized carbons (Fsp3) is 0.533. The Bertz CT molecular complexity index is 406. The van der Waals surface area contributed by atoms with Crippen molar-refractivity contribution in [1.82, 2.24) is 4.90 Å². The molecule has 1 amide bonds. The van der Waals surface area contributed by atoms with E-state index < -0.39 is 0 Å². The number of carbonyl (C=O) groups excluding carboxylic acids is 1. The van der Waals surface area contributed by atoms with Crippen LogP contribution in [-0.2, 0) is 4.79 Å². The molecule has 4 nitrogen and oxygen atoms in total. The lowest BCUT2D eigenvalue weighted by molar-refractivity contribution is -0.132. The van der Waals surface area contributed by atoms with Crippen molar-refractivity contribution in [3.05, 3.63) is 29.8 Å². The minimum absolute atomic E-state index is 0.00392. The molecule has 0 aliphatic carbocycles. The number of para-hydroxylation sites is 1. The van der Waals surface area contributed by atoms with Crippen LogP contribution in [0.5, 0.6) is 5.75 Å². The van der Waals surface area contributed by atoms with Crippen molar-refractivity contribution >= 4 is 5.91 Å². The second kappa shape index (κ2) is 7.79. The smallest absolute Gasteiger partial charge is 0.260 e. The first-order chi connectivity index (χ1) is 9.10. The van der Waals surface area contributed by atoms with Crippen molar-refractivity contribution < 1.29 is 14.6 Å². The second-order valence-electron chi connectivity index (χ2n) is 4.67. The first-order valence-electron chi connectivity index (χ1n) is 6.66. The molecule has 0 radical (unpaired) electrons. The van der Waals surface area contributed by atoms with E-state index in [0.29, 0.717) is 12.5 Å². The third-order valence-corrected chi connectivity index (χ3v) is 3.27. The van der Waals surface area contributed by atoms with Crippen LogP contribution in [0, 0.1) is 0 Å². The molecular weight excluding hydrogens is 242 g/mol. The van der Waals surface area contributed by atoms with Crippen LogP contribution in [0.3, 0.4) is 0 Å². The quantitative estimate of drug-likeness (QED) is 0.820. The molecule has 1 atom stereocenters. The van der Waals surface area contributed by atoms with Gasteiger partial charge < -0.3 is 14.7 Å². The van der Waals surface area contributed by atoms with Crippen molar-refractivity contribution in [2.45, 2.75) is 26.2 Å². The van der Waals surface area contributed by atoms with E-state index in [9.17, 15) is 4.79 Å². The average molecular weight is 265 g/mol. The SMILES string of the molecule is CCC(C)c1ccccc1OCC(=O)N(C)CCO. The normalized spacial score (nSPS) is 12.0. The highest BCUT2D eigenvalue weighted by atomic mass is 16.5. The standard InChI is InChI=1S/C15H23NO3/c1-4-12(2)13-7-5-6-8-14(13)19-11-15(18)16(3)9-10-17/h5-8,12,17H,4,9-11H2,1-3H3. The van der Waals surface area contributed by atoms with Gasteiger partial charge in [0.25, 0.3) is 5.91 Å². The number of rotatable bonds is 7. The lowest BCUT2D eigenvalue weighted by atomic mass is 9.98. The summed E-state index contributed by atoms with van der Waals surface area (Å²) in [5, 5.41) is 8.78. The number of ether oxygens (including phenoxy) is 1. The zero-order valence-corrected chi connectivity index (χ0v) is 11.9. The van der Waals surface area contributed by atoms with E-state index in [0.717, 1.165) is 17.7 Å². The molecular formula is C15H23NO3. The van der Waals surface area contributed by atoms with Crippen LogP contribution >= 0.6 is 0 Å². The fourth-order valence-corrected chi connectivity index (χ4v) is 1.76. The lowest BCUT2D eigenvalue weighted by Crippen LogP contribution is -2.33. The maximum Gasteiger partial charge on any atom is 0.260 e. The number of hydrogen-bond donors (Lipinski definition) is 1. The number of benzene rings is 1. The maximum absolute atomic E-state index is 11.7. The van der Waals surface area contributed by atoms with Crippen LogP contribution in [0.4, 0.5) is 0 Å². The van der Waals surface area contributed by atoms with Gasteiger partial charge in [-0.2, -0.15) is 0 Å². The van der Waals surface area contributed by atoms with E-state index in [2.05, 4.69) is 13.8 Å². The van der Waals surface area contributed by atoms with Crippen LogP contribution in [-0.4, -0.2) is 42.7 Å². The molecule has 0 bridgehead atoms. The van der Waals surface area contributed by atoms with Crippen molar-refractivity contribution in [3.63, 3.8) is 0 Å². The maximum atomic E-state index is 11.7. The molecule has 0 heterocycles. The lowest BCUT2D eigenvalue weighted by Gasteiger charge is -2.18. The Morgan fingerprint density at radius 2 is 2.11 bits per heavy atom. The van der Waals surface area contributed by atoms with Crippen LogP contribution in [0.25, 0.3) is 0 Å². The van der Waals surface area contributed by atoms with Crippen LogP contribution < -0.4 is 4.74 Å². The molecule has 1 rings (SSSR count). The number of carbonyl (C=O) groups is 1. The number of aliphatic hydroxyl groups is 1. The van der Waals surface area contributed by atoms with Crippen LogP contribution in [0.1, 0.15) is 31.7 Å². The van der Waals surface area contributed by atoms with Crippen LogP contribution in [0.15, 0.2) is 24.3 Å². The molecule has 0 aliphatic heterocycles. The molecule has 0 aliphatic rings. The van der Waals surface area contributed by atoms with Gasteiger partial charge in [-0.05, 0) is 24.0 Å². The molecule has 19 heavy (non-hydrogen) atoms. The third-order valence-electron chi connectivity index (χ3n) is 3.27. The molecule has 0 aromatic heterocycles. The molecule has 0 saturated carbocycles. The van der Waals surface area contributed by atoms with E-state index >= 15 is 0 Å². The number of hydrogen-bond acceptors (Lipinski definition) is 3. The molecule has 1 aromatic rings. The molecule has 1 N–H and O–H groups in total. The summed E-state index contributed by atoms with van der Waals surface area (Å²) in [5.74, 6) is 1.04. The summed E-state index contributed by atoms with van der Waals surface area (Å²) in [5.41, 5.74) is 1.13. The minimum Gasteiger partial charge on any atom is -0.483 e. The van der Waals surface area contributed by atoms with E-state index in [-0.39, 0.29) is 19.1 Å². The van der Waals surface area contributed by atoms with Crippen molar-refractivity contribution in [3.8, 4) is 5.75 Å². The van der Waals surface area contributed by atoms with Gasteiger partial charge in [-0.3, -0.25) is 4.79 Å². The molecule has 0 spiro atoms. The summed E-state index contributed by atoms with van der Waals surface area (Å²) >= 11 is 0. The number of aliphatic hydroxyl groups excluding tert-OH is 1. The zero-order valence-electron chi connectivity index (χ0n) is 11.9. The van der Waals surface area contributed by atoms with Gasteiger partial charge in [0.05, 0.1) is 6.61 Å². The topological polar surface area (TPSA) is 49.8 Å². The van der Waals surface area contributed by atoms with Gasteiger partial charge in [-0.15, -0.1) is 0 Å². The Balaban J connectivity index is 2.65. The summed E-state index contributed by atoms with van der Waals surface area (Å²) < 4.78 is 5.62. The number of amides is 1. The Morgan fingerprint density at radius 3 is 2.74 bits per heavy atom.